The summed E-state index contributed by atoms with van der Waals surface area (Å²) in [5.41, 5.74) is 1.87. The van der Waals surface area contributed by atoms with Crippen molar-refractivity contribution in [2.24, 2.45) is 5.84 Å². The summed E-state index contributed by atoms with van der Waals surface area (Å²) >= 11 is 0. The zero-order valence-corrected chi connectivity index (χ0v) is 8.21. The molecule has 0 saturated heterocycles. The average Bonchev–Trinajstić information content (AvgIpc) is 2.44. The van der Waals surface area contributed by atoms with Crippen LogP contribution in [-0.2, 0) is 14.4 Å². The lowest BCUT2D eigenvalue weighted by atomic mass is 10.3. The maximum absolute atomic E-state index is 11.0. The second kappa shape index (κ2) is 4.73. The van der Waals surface area contributed by atoms with Crippen molar-refractivity contribution in [3.63, 3.8) is 0 Å². The van der Waals surface area contributed by atoms with Crippen LogP contribution in [-0.4, -0.2) is 28.7 Å². The maximum Gasteiger partial charge on any atom is 0.256 e. The van der Waals surface area contributed by atoms with E-state index in [1.165, 1.54) is 6.92 Å². The Morgan fingerprint density at radius 3 is 2.21 bits per heavy atom. The largest absolute Gasteiger partial charge is 0.292 e. The fourth-order valence-corrected chi connectivity index (χ4v) is 1.03. The van der Waals surface area contributed by atoms with Crippen LogP contribution in [0.1, 0.15) is 6.92 Å². The molecule has 7 heteroatoms. The minimum atomic E-state index is -0.875. The minimum Gasteiger partial charge on any atom is -0.292 e. The molecule has 1 unspecified atom stereocenters. The van der Waals surface area contributed by atoms with Gasteiger partial charge in [-0.15, -0.1) is 12.4 Å². The molecule has 0 aliphatic carbocycles. The Bertz CT molecular complexity index is 285. The lowest BCUT2D eigenvalue weighted by Gasteiger charge is -2.20. The molecule has 1 rings (SSSR count). The van der Waals surface area contributed by atoms with E-state index in [0.717, 1.165) is 17.1 Å². The second-order valence-corrected chi connectivity index (χ2v) is 2.56. The molecule has 78 valence electrons. The second-order valence-electron chi connectivity index (χ2n) is 2.56. The van der Waals surface area contributed by atoms with Crippen LogP contribution in [0.25, 0.3) is 0 Å². The minimum absolute atomic E-state index is 0. The number of imide groups is 1. The molecule has 0 spiro atoms. The Morgan fingerprint density at radius 1 is 1.43 bits per heavy atom. The maximum atomic E-state index is 11.0. The van der Waals surface area contributed by atoms with E-state index in [9.17, 15) is 14.4 Å². The summed E-state index contributed by atoms with van der Waals surface area (Å²) in [7, 11) is 0. The van der Waals surface area contributed by atoms with Gasteiger partial charge < -0.3 is 0 Å². The highest BCUT2D eigenvalue weighted by atomic mass is 35.5. The van der Waals surface area contributed by atoms with E-state index in [0.29, 0.717) is 0 Å². The number of rotatable bonds is 2. The Labute approximate surface area is 86.5 Å². The van der Waals surface area contributed by atoms with Crippen LogP contribution in [0.4, 0.5) is 0 Å². The van der Waals surface area contributed by atoms with Crippen LogP contribution in [0.3, 0.4) is 0 Å². The number of nitrogens with zero attached hydrogens (tertiary/aromatic N) is 1. The summed E-state index contributed by atoms with van der Waals surface area (Å²) in [5, 5.41) is 0. The molecule has 1 heterocycles. The van der Waals surface area contributed by atoms with E-state index in [1.807, 2.05) is 5.43 Å². The van der Waals surface area contributed by atoms with E-state index >= 15 is 0 Å². The Kier molecular flexibility index (Phi) is 4.26. The van der Waals surface area contributed by atoms with Gasteiger partial charge in [0.1, 0.15) is 6.04 Å². The number of nitrogens with two attached hydrogens (primary N) is 1. The molecule has 14 heavy (non-hydrogen) atoms. The van der Waals surface area contributed by atoms with Crippen molar-refractivity contribution in [1.82, 2.24) is 10.3 Å². The SMILES string of the molecule is CC(C(=O)NN)N1C(=O)C=CC1=O.Cl. The molecular formula is C7H10ClN3O3. The van der Waals surface area contributed by atoms with Crippen LogP contribution < -0.4 is 11.3 Å². The quantitative estimate of drug-likeness (QED) is 0.262. The zero-order valence-electron chi connectivity index (χ0n) is 7.39. The highest BCUT2D eigenvalue weighted by molar-refractivity contribution is 6.14. The summed E-state index contributed by atoms with van der Waals surface area (Å²) in [6.45, 7) is 1.42. The Morgan fingerprint density at radius 2 is 1.86 bits per heavy atom. The number of carbonyl (C=O) groups excluding carboxylic acids is 3. The van der Waals surface area contributed by atoms with Crippen molar-refractivity contribution in [1.29, 1.82) is 0 Å². The Balaban J connectivity index is 0.00000169. The van der Waals surface area contributed by atoms with Crippen LogP contribution >= 0.6 is 12.4 Å². The summed E-state index contributed by atoms with van der Waals surface area (Å²) < 4.78 is 0. The van der Waals surface area contributed by atoms with E-state index in [-0.39, 0.29) is 12.4 Å². The molecular weight excluding hydrogens is 210 g/mol. The van der Waals surface area contributed by atoms with Crippen molar-refractivity contribution in [2.75, 3.05) is 0 Å². The van der Waals surface area contributed by atoms with Gasteiger partial charge in [0.25, 0.3) is 17.7 Å². The first-order valence-corrected chi connectivity index (χ1v) is 3.63. The molecule has 0 radical (unpaired) electrons. The monoisotopic (exact) mass is 219 g/mol. The summed E-state index contributed by atoms with van der Waals surface area (Å²) in [4.78, 5) is 33.9. The van der Waals surface area contributed by atoms with E-state index in [1.54, 1.807) is 0 Å². The van der Waals surface area contributed by atoms with E-state index in [4.69, 9.17) is 5.84 Å². The molecule has 3 amide bonds. The van der Waals surface area contributed by atoms with Crippen LogP contribution in [0.5, 0.6) is 0 Å². The standard InChI is InChI=1S/C7H9N3O3.ClH/c1-4(7(13)9-8)10-5(11)2-3-6(10)12;/h2-4H,8H2,1H3,(H,9,13);1H. The molecule has 0 aromatic heterocycles. The molecule has 1 aliphatic heterocycles. The van der Waals surface area contributed by atoms with Crippen molar-refractivity contribution in [3.05, 3.63) is 12.2 Å². The number of carbonyl (C=O) groups is 3. The third kappa shape index (κ3) is 2.09. The number of amides is 3. The van der Waals surface area contributed by atoms with Crippen LogP contribution in [0, 0.1) is 0 Å². The molecule has 3 N–H and O–H groups in total. The van der Waals surface area contributed by atoms with Crippen molar-refractivity contribution in [2.45, 2.75) is 13.0 Å². The van der Waals surface area contributed by atoms with Crippen molar-refractivity contribution < 1.29 is 14.4 Å². The molecule has 0 fully saturated rings. The predicted molar refractivity (Wildman–Crippen MR) is 50.0 cm³/mol. The topological polar surface area (TPSA) is 92.5 Å². The van der Waals surface area contributed by atoms with E-state index < -0.39 is 23.8 Å². The predicted octanol–water partition coefficient (Wildman–Crippen LogP) is -1.29. The average molecular weight is 220 g/mol. The lowest BCUT2D eigenvalue weighted by Crippen LogP contribution is -2.49. The van der Waals surface area contributed by atoms with Gasteiger partial charge in [-0.25, -0.2) is 5.84 Å². The molecule has 0 aromatic carbocycles. The van der Waals surface area contributed by atoms with Gasteiger partial charge in [0, 0.05) is 12.2 Å². The van der Waals surface area contributed by atoms with Crippen molar-refractivity contribution in [3.8, 4) is 0 Å². The lowest BCUT2D eigenvalue weighted by molar-refractivity contribution is -0.144. The smallest absolute Gasteiger partial charge is 0.256 e. The summed E-state index contributed by atoms with van der Waals surface area (Å²) in [6.07, 6.45) is 2.23. The fraction of sp³-hybridized carbons (Fsp3) is 0.286. The molecule has 0 aromatic rings. The Hall–Kier alpha value is -1.40. The number of halogens is 1. The molecule has 1 aliphatic rings. The van der Waals surface area contributed by atoms with E-state index in [2.05, 4.69) is 0 Å². The van der Waals surface area contributed by atoms with Crippen LogP contribution in [0.2, 0.25) is 0 Å². The summed E-state index contributed by atoms with van der Waals surface area (Å²) in [5.74, 6) is 3.29. The first-order valence-electron chi connectivity index (χ1n) is 3.63. The third-order valence-electron chi connectivity index (χ3n) is 1.75. The van der Waals surface area contributed by atoms with Gasteiger partial charge in [-0.2, -0.15) is 0 Å². The number of nitrogens with one attached hydrogen (secondary N) is 1. The third-order valence-corrected chi connectivity index (χ3v) is 1.75. The van der Waals surface area contributed by atoms with Gasteiger partial charge in [-0.3, -0.25) is 24.7 Å². The first-order chi connectivity index (χ1) is 6.07. The highest BCUT2D eigenvalue weighted by Gasteiger charge is 2.32. The first kappa shape index (κ1) is 12.6. The van der Waals surface area contributed by atoms with Gasteiger partial charge in [0.05, 0.1) is 0 Å². The van der Waals surface area contributed by atoms with Gasteiger partial charge in [-0.1, -0.05) is 0 Å². The van der Waals surface area contributed by atoms with Crippen LogP contribution in [0.15, 0.2) is 12.2 Å². The van der Waals surface area contributed by atoms with Gasteiger partial charge in [0.15, 0.2) is 0 Å². The number of hydrogen-bond donors (Lipinski definition) is 2. The molecule has 1 atom stereocenters. The normalized spacial score (nSPS) is 16.6. The molecule has 0 saturated carbocycles. The van der Waals surface area contributed by atoms with Crippen molar-refractivity contribution >= 4 is 30.1 Å². The van der Waals surface area contributed by atoms with Gasteiger partial charge in [-0.05, 0) is 6.92 Å². The molecule has 6 nitrogen and oxygen atoms in total. The summed E-state index contributed by atoms with van der Waals surface area (Å²) in [6, 6.07) is -0.875. The van der Waals surface area contributed by atoms with Gasteiger partial charge in [0.2, 0.25) is 0 Å². The number of hydrazine groups is 1. The zero-order chi connectivity index (χ0) is 10.0. The van der Waals surface area contributed by atoms with Gasteiger partial charge >= 0.3 is 0 Å². The highest BCUT2D eigenvalue weighted by Crippen LogP contribution is 2.08. The molecule has 0 bridgehead atoms. The fourth-order valence-electron chi connectivity index (χ4n) is 1.03. The number of hydrogen-bond acceptors (Lipinski definition) is 4.